The molecule has 1 N–H and O–H groups in total. The highest BCUT2D eigenvalue weighted by Crippen LogP contribution is 2.17. The van der Waals surface area contributed by atoms with E-state index in [2.05, 4.69) is 5.32 Å². The molecular weight excluding hydrogens is 178 g/mol. The van der Waals surface area contributed by atoms with Crippen molar-refractivity contribution in [2.75, 3.05) is 7.05 Å². The van der Waals surface area contributed by atoms with E-state index in [0.717, 1.165) is 12.8 Å². The zero-order chi connectivity index (χ0) is 10.6. The summed E-state index contributed by atoms with van der Waals surface area (Å²) >= 11 is 0. The van der Waals surface area contributed by atoms with Crippen molar-refractivity contribution < 1.29 is 4.79 Å². The van der Waals surface area contributed by atoms with Crippen molar-refractivity contribution in [2.45, 2.75) is 44.7 Å². The third kappa shape index (κ3) is 2.63. The highest BCUT2D eigenvalue weighted by Gasteiger charge is 2.21. The molecule has 0 aromatic heterocycles. The van der Waals surface area contributed by atoms with E-state index >= 15 is 0 Å². The normalized spacial score (nSPS) is 18.6. The molecule has 1 aliphatic carbocycles. The standard InChI is InChI=1S/C10H17N3O/c1-8(7-11)13(2)10(14)12-9-5-3-4-6-9/h8-9H,3-6H2,1-2H3,(H,12,14). The number of carbonyl (C=O) groups is 1. The predicted molar refractivity (Wildman–Crippen MR) is 53.6 cm³/mol. The summed E-state index contributed by atoms with van der Waals surface area (Å²) in [4.78, 5) is 13.0. The van der Waals surface area contributed by atoms with Crippen LogP contribution in [0.25, 0.3) is 0 Å². The molecule has 1 unspecified atom stereocenters. The average molecular weight is 195 g/mol. The number of amides is 2. The van der Waals surface area contributed by atoms with E-state index in [0.29, 0.717) is 6.04 Å². The molecule has 1 fully saturated rings. The van der Waals surface area contributed by atoms with Gasteiger partial charge in [0.15, 0.2) is 0 Å². The molecule has 1 aliphatic rings. The van der Waals surface area contributed by atoms with Gasteiger partial charge in [-0.1, -0.05) is 12.8 Å². The lowest BCUT2D eigenvalue weighted by Gasteiger charge is -2.22. The SMILES string of the molecule is CC(C#N)N(C)C(=O)NC1CCCC1. The van der Waals surface area contributed by atoms with Crippen molar-refractivity contribution >= 4 is 6.03 Å². The van der Waals surface area contributed by atoms with Gasteiger partial charge in [-0.2, -0.15) is 5.26 Å². The molecule has 4 nitrogen and oxygen atoms in total. The number of hydrogen-bond donors (Lipinski definition) is 1. The van der Waals surface area contributed by atoms with Gasteiger partial charge in [-0.25, -0.2) is 4.79 Å². The summed E-state index contributed by atoms with van der Waals surface area (Å²) in [7, 11) is 1.65. The first-order valence-electron chi connectivity index (χ1n) is 5.08. The van der Waals surface area contributed by atoms with Gasteiger partial charge in [0.05, 0.1) is 6.07 Å². The Morgan fingerprint density at radius 2 is 2.14 bits per heavy atom. The van der Waals surface area contributed by atoms with Crippen LogP contribution >= 0.6 is 0 Å². The molecule has 4 heteroatoms. The van der Waals surface area contributed by atoms with Crippen LogP contribution in [0.15, 0.2) is 0 Å². The smallest absolute Gasteiger partial charge is 0.318 e. The van der Waals surface area contributed by atoms with Gasteiger partial charge >= 0.3 is 6.03 Å². The van der Waals surface area contributed by atoms with Crippen LogP contribution in [0.3, 0.4) is 0 Å². The van der Waals surface area contributed by atoms with Gasteiger partial charge < -0.3 is 10.2 Å². The Morgan fingerprint density at radius 1 is 1.57 bits per heavy atom. The van der Waals surface area contributed by atoms with Gasteiger partial charge in [0.25, 0.3) is 0 Å². The fourth-order valence-electron chi connectivity index (χ4n) is 1.61. The molecule has 0 heterocycles. The second-order valence-corrected chi connectivity index (χ2v) is 3.85. The van der Waals surface area contributed by atoms with Gasteiger partial charge in [-0.3, -0.25) is 0 Å². The molecule has 0 saturated heterocycles. The molecule has 1 atom stereocenters. The van der Waals surface area contributed by atoms with E-state index in [1.165, 1.54) is 17.7 Å². The van der Waals surface area contributed by atoms with Crippen LogP contribution in [-0.4, -0.2) is 30.1 Å². The topological polar surface area (TPSA) is 56.1 Å². The minimum atomic E-state index is -0.364. The maximum absolute atomic E-state index is 11.6. The van der Waals surface area contributed by atoms with E-state index in [9.17, 15) is 4.79 Å². The molecule has 0 bridgehead atoms. The van der Waals surface area contributed by atoms with Gasteiger partial charge in [-0.15, -0.1) is 0 Å². The van der Waals surface area contributed by atoms with E-state index < -0.39 is 0 Å². The van der Waals surface area contributed by atoms with Gasteiger partial charge in [0.2, 0.25) is 0 Å². The number of hydrogen-bond acceptors (Lipinski definition) is 2. The third-order valence-corrected chi connectivity index (χ3v) is 2.77. The molecule has 78 valence electrons. The summed E-state index contributed by atoms with van der Waals surface area (Å²) in [6.45, 7) is 1.72. The molecule has 1 rings (SSSR count). The van der Waals surface area contributed by atoms with Crippen LogP contribution in [0.4, 0.5) is 4.79 Å². The summed E-state index contributed by atoms with van der Waals surface area (Å²) in [5.74, 6) is 0. The van der Waals surface area contributed by atoms with Crippen molar-refractivity contribution in [3.63, 3.8) is 0 Å². The zero-order valence-corrected chi connectivity index (χ0v) is 8.79. The van der Waals surface area contributed by atoms with Crippen LogP contribution in [0, 0.1) is 11.3 Å². The first kappa shape index (κ1) is 10.8. The van der Waals surface area contributed by atoms with Crippen LogP contribution in [0.5, 0.6) is 0 Å². The number of nitriles is 1. The van der Waals surface area contributed by atoms with Crippen molar-refractivity contribution in [3.05, 3.63) is 0 Å². The first-order chi connectivity index (χ1) is 6.65. The zero-order valence-electron chi connectivity index (χ0n) is 8.79. The number of nitrogens with zero attached hydrogens (tertiary/aromatic N) is 2. The Balaban J connectivity index is 2.37. The summed E-state index contributed by atoms with van der Waals surface area (Å²) in [5.41, 5.74) is 0. The van der Waals surface area contributed by atoms with Crippen molar-refractivity contribution in [1.82, 2.24) is 10.2 Å². The predicted octanol–water partition coefficient (Wildman–Crippen LogP) is 1.48. The Bertz CT molecular complexity index is 240. The lowest BCUT2D eigenvalue weighted by Crippen LogP contribution is -2.45. The highest BCUT2D eigenvalue weighted by atomic mass is 16.2. The number of carbonyl (C=O) groups excluding carboxylic acids is 1. The van der Waals surface area contributed by atoms with E-state index in [1.807, 2.05) is 6.07 Å². The van der Waals surface area contributed by atoms with Gasteiger partial charge in [-0.05, 0) is 19.8 Å². The highest BCUT2D eigenvalue weighted by molar-refractivity contribution is 5.74. The number of rotatable bonds is 2. The van der Waals surface area contributed by atoms with Crippen LogP contribution < -0.4 is 5.32 Å². The first-order valence-corrected chi connectivity index (χ1v) is 5.08. The van der Waals surface area contributed by atoms with Crippen molar-refractivity contribution in [1.29, 1.82) is 5.26 Å². The minimum Gasteiger partial charge on any atom is -0.335 e. The largest absolute Gasteiger partial charge is 0.335 e. The van der Waals surface area contributed by atoms with Crippen LogP contribution in [-0.2, 0) is 0 Å². The minimum absolute atomic E-state index is 0.133. The Morgan fingerprint density at radius 3 is 2.64 bits per heavy atom. The molecule has 0 aromatic rings. The maximum atomic E-state index is 11.6. The van der Waals surface area contributed by atoms with Crippen molar-refractivity contribution in [3.8, 4) is 6.07 Å². The van der Waals surface area contributed by atoms with E-state index in [4.69, 9.17) is 5.26 Å². The molecule has 2 amide bonds. The summed E-state index contributed by atoms with van der Waals surface area (Å²) in [6, 6.07) is 1.85. The summed E-state index contributed by atoms with van der Waals surface area (Å²) in [5, 5.41) is 11.6. The number of nitrogens with one attached hydrogen (secondary N) is 1. The molecular formula is C10H17N3O. The Labute approximate surface area is 84.9 Å². The van der Waals surface area contributed by atoms with E-state index in [1.54, 1.807) is 14.0 Å². The quantitative estimate of drug-likeness (QED) is 0.725. The average Bonchev–Trinajstić information content (AvgIpc) is 2.68. The monoisotopic (exact) mass is 195 g/mol. The molecule has 1 saturated carbocycles. The maximum Gasteiger partial charge on any atom is 0.318 e. The van der Waals surface area contributed by atoms with Gasteiger partial charge in [0.1, 0.15) is 6.04 Å². The van der Waals surface area contributed by atoms with Crippen LogP contribution in [0.2, 0.25) is 0 Å². The molecule has 0 aliphatic heterocycles. The third-order valence-electron chi connectivity index (χ3n) is 2.77. The second kappa shape index (κ2) is 4.85. The number of urea groups is 1. The second-order valence-electron chi connectivity index (χ2n) is 3.85. The molecule has 0 aromatic carbocycles. The Kier molecular flexibility index (Phi) is 3.75. The van der Waals surface area contributed by atoms with Gasteiger partial charge in [0, 0.05) is 13.1 Å². The van der Waals surface area contributed by atoms with E-state index in [-0.39, 0.29) is 12.1 Å². The molecule has 0 spiro atoms. The summed E-state index contributed by atoms with van der Waals surface area (Å²) < 4.78 is 0. The fraction of sp³-hybridized carbons (Fsp3) is 0.800. The fourth-order valence-corrected chi connectivity index (χ4v) is 1.61. The lowest BCUT2D eigenvalue weighted by atomic mass is 10.2. The van der Waals surface area contributed by atoms with Crippen molar-refractivity contribution in [2.24, 2.45) is 0 Å². The lowest BCUT2D eigenvalue weighted by molar-refractivity contribution is 0.199. The Hall–Kier alpha value is -1.24. The summed E-state index contributed by atoms with van der Waals surface area (Å²) in [6.07, 6.45) is 4.53. The van der Waals surface area contributed by atoms with Crippen LogP contribution in [0.1, 0.15) is 32.6 Å². The molecule has 0 radical (unpaired) electrons. The molecule has 14 heavy (non-hydrogen) atoms.